The van der Waals surface area contributed by atoms with Crippen LogP contribution in [0.15, 0.2) is 53.7 Å². The number of aromatic nitrogens is 1. The van der Waals surface area contributed by atoms with Crippen LogP contribution in [-0.4, -0.2) is 53.7 Å². The van der Waals surface area contributed by atoms with E-state index < -0.39 is 23.7 Å². The zero-order valence-electron chi connectivity index (χ0n) is 17.4. The van der Waals surface area contributed by atoms with Crippen LogP contribution in [0.4, 0.5) is 13.6 Å². The third-order valence-corrected chi connectivity index (χ3v) is 5.23. The van der Waals surface area contributed by atoms with Crippen molar-refractivity contribution < 1.29 is 32.6 Å². The molecule has 0 bridgehead atoms. The molecule has 1 aliphatic rings. The van der Waals surface area contributed by atoms with Gasteiger partial charge >= 0.3 is 6.61 Å². The number of rotatable bonds is 9. The molecule has 172 valence electrons. The zero-order chi connectivity index (χ0) is 23.8. The molecule has 0 atom stereocenters. The lowest BCUT2D eigenvalue weighted by Crippen LogP contribution is -2.36. The second-order valence-electron chi connectivity index (χ2n) is 6.53. The van der Waals surface area contributed by atoms with Crippen LogP contribution in [0.5, 0.6) is 11.5 Å². The number of amides is 3. The lowest BCUT2D eigenvalue weighted by molar-refractivity contribution is -0.123. The molecule has 0 radical (unpaired) electrons. The Labute approximate surface area is 192 Å². The fourth-order valence-corrected chi connectivity index (χ4v) is 3.67. The minimum Gasteiger partial charge on any atom is -0.493 e. The molecule has 2 heterocycles. The van der Waals surface area contributed by atoms with Gasteiger partial charge in [-0.3, -0.25) is 24.3 Å². The standard InChI is InChI=1S/C22H19F2N3O5S/c1-31-17-11-14(4-6-16(17)32-21(23)24)5-7-19(28)26-9-10-27-20(29)18(33-22(27)30)12-15-3-2-8-25-13-15/h2-8,11-13,21H,9-10H2,1H3,(H,26,28)/b7-5+,18-12+. The first-order valence-corrected chi connectivity index (χ1v) is 10.4. The summed E-state index contributed by atoms with van der Waals surface area (Å²) in [6, 6.07) is 7.72. The highest BCUT2D eigenvalue weighted by Gasteiger charge is 2.34. The van der Waals surface area contributed by atoms with Crippen molar-refractivity contribution in [3.05, 3.63) is 64.8 Å². The van der Waals surface area contributed by atoms with E-state index in [0.717, 1.165) is 16.7 Å². The minimum absolute atomic E-state index is 0.0160. The highest BCUT2D eigenvalue weighted by molar-refractivity contribution is 8.18. The van der Waals surface area contributed by atoms with Gasteiger partial charge in [0.1, 0.15) is 0 Å². The van der Waals surface area contributed by atoms with Crippen LogP contribution < -0.4 is 14.8 Å². The van der Waals surface area contributed by atoms with Crippen molar-refractivity contribution in [1.29, 1.82) is 0 Å². The average molecular weight is 475 g/mol. The number of halogens is 2. The van der Waals surface area contributed by atoms with Crippen LogP contribution in [0.2, 0.25) is 0 Å². The number of carbonyl (C=O) groups excluding carboxylic acids is 3. The summed E-state index contributed by atoms with van der Waals surface area (Å²) >= 11 is 0.826. The minimum atomic E-state index is -2.99. The molecule has 2 aromatic rings. The van der Waals surface area contributed by atoms with Crippen molar-refractivity contribution in [1.82, 2.24) is 15.2 Å². The molecule has 1 saturated heterocycles. The van der Waals surface area contributed by atoms with Gasteiger partial charge in [-0.2, -0.15) is 8.78 Å². The highest BCUT2D eigenvalue weighted by Crippen LogP contribution is 2.32. The predicted molar refractivity (Wildman–Crippen MR) is 119 cm³/mol. The number of benzene rings is 1. The van der Waals surface area contributed by atoms with E-state index in [9.17, 15) is 23.2 Å². The quantitative estimate of drug-likeness (QED) is 0.554. The van der Waals surface area contributed by atoms with Crippen LogP contribution in [0.3, 0.4) is 0 Å². The first-order valence-electron chi connectivity index (χ1n) is 9.61. The lowest BCUT2D eigenvalue weighted by Gasteiger charge is -2.12. The van der Waals surface area contributed by atoms with Crippen molar-refractivity contribution >= 4 is 41.0 Å². The van der Waals surface area contributed by atoms with Gasteiger partial charge in [0.25, 0.3) is 11.1 Å². The van der Waals surface area contributed by atoms with Crippen LogP contribution in [0.25, 0.3) is 12.2 Å². The summed E-state index contributed by atoms with van der Waals surface area (Å²) in [6.45, 7) is -2.91. The van der Waals surface area contributed by atoms with E-state index in [1.807, 2.05) is 0 Å². The number of hydrogen-bond donors (Lipinski definition) is 1. The molecule has 1 fully saturated rings. The maximum Gasteiger partial charge on any atom is 0.387 e. The summed E-state index contributed by atoms with van der Waals surface area (Å²) in [5, 5.41) is 2.17. The number of methoxy groups -OCH3 is 1. The Morgan fingerprint density at radius 1 is 1.24 bits per heavy atom. The Bertz CT molecular complexity index is 1090. The molecule has 3 rings (SSSR count). The van der Waals surface area contributed by atoms with E-state index in [1.54, 1.807) is 30.6 Å². The van der Waals surface area contributed by atoms with Gasteiger partial charge < -0.3 is 14.8 Å². The van der Waals surface area contributed by atoms with E-state index in [4.69, 9.17) is 4.74 Å². The molecule has 1 N–H and O–H groups in total. The monoisotopic (exact) mass is 475 g/mol. The Morgan fingerprint density at radius 3 is 2.76 bits per heavy atom. The lowest BCUT2D eigenvalue weighted by atomic mass is 10.2. The van der Waals surface area contributed by atoms with Gasteiger partial charge in [-0.25, -0.2) is 0 Å². The van der Waals surface area contributed by atoms with Gasteiger partial charge in [0, 0.05) is 31.6 Å². The molecular weight excluding hydrogens is 456 g/mol. The molecular formula is C22H19F2N3O5S. The van der Waals surface area contributed by atoms with Crippen LogP contribution in [-0.2, 0) is 9.59 Å². The molecule has 8 nitrogen and oxygen atoms in total. The summed E-state index contributed by atoms with van der Waals surface area (Å²) in [5.74, 6) is -0.919. The van der Waals surface area contributed by atoms with E-state index in [2.05, 4.69) is 15.0 Å². The molecule has 1 aromatic heterocycles. The van der Waals surface area contributed by atoms with Crippen molar-refractivity contribution in [2.24, 2.45) is 0 Å². The fraction of sp³-hybridized carbons (Fsp3) is 0.182. The molecule has 33 heavy (non-hydrogen) atoms. The van der Waals surface area contributed by atoms with Gasteiger partial charge in [-0.05, 0) is 53.2 Å². The van der Waals surface area contributed by atoms with E-state index in [-0.39, 0.29) is 29.5 Å². The number of thioether (sulfide) groups is 1. The number of nitrogens with one attached hydrogen (secondary N) is 1. The third kappa shape index (κ3) is 6.62. The van der Waals surface area contributed by atoms with Gasteiger partial charge in [0.15, 0.2) is 11.5 Å². The fourth-order valence-electron chi connectivity index (χ4n) is 2.81. The van der Waals surface area contributed by atoms with E-state index in [0.29, 0.717) is 11.1 Å². The average Bonchev–Trinajstić information content (AvgIpc) is 3.06. The number of ether oxygens (including phenoxy) is 2. The Balaban J connectivity index is 1.52. The van der Waals surface area contributed by atoms with Gasteiger partial charge in [0.05, 0.1) is 12.0 Å². The molecule has 1 aliphatic heterocycles. The maximum absolute atomic E-state index is 12.5. The van der Waals surface area contributed by atoms with Crippen molar-refractivity contribution in [2.75, 3.05) is 20.2 Å². The zero-order valence-corrected chi connectivity index (χ0v) is 18.2. The normalized spacial score (nSPS) is 15.0. The third-order valence-electron chi connectivity index (χ3n) is 4.32. The summed E-state index contributed by atoms with van der Waals surface area (Å²) in [5.41, 5.74) is 1.22. The summed E-state index contributed by atoms with van der Waals surface area (Å²) < 4.78 is 34.1. The Hall–Kier alpha value is -3.73. The number of nitrogens with zero attached hydrogens (tertiary/aromatic N) is 2. The summed E-state index contributed by atoms with van der Waals surface area (Å²) in [6.07, 6.45) is 7.47. The Kier molecular flexibility index (Phi) is 8.14. The molecule has 11 heteroatoms. The van der Waals surface area contributed by atoms with Crippen LogP contribution >= 0.6 is 11.8 Å². The smallest absolute Gasteiger partial charge is 0.387 e. The second kappa shape index (κ2) is 11.2. The second-order valence-corrected chi connectivity index (χ2v) is 7.53. The molecule has 3 amide bonds. The SMILES string of the molecule is COc1cc(/C=C/C(=O)NCCN2C(=O)S/C(=C/c3cccnc3)C2=O)ccc1OC(F)F. The largest absolute Gasteiger partial charge is 0.493 e. The maximum atomic E-state index is 12.5. The topological polar surface area (TPSA) is 97.8 Å². The van der Waals surface area contributed by atoms with Gasteiger partial charge in [-0.15, -0.1) is 0 Å². The number of pyridine rings is 1. The number of carbonyl (C=O) groups is 3. The molecule has 0 unspecified atom stereocenters. The first-order chi connectivity index (χ1) is 15.9. The summed E-state index contributed by atoms with van der Waals surface area (Å²) in [4.78, 5) is 42.0. The van der Waals surface area contributed by atoms with Crippen molar-refractivity contribution in [2.45, 2.75) is 6.61 Å². The molecule has 1 aromatic carbocycles. The van der Waals surface area contributed by atoms with E-state index >= 15 is 0 Å². The van der Waals surface area contributed by atoms with Crippen molar-refractivity contribution in [3.8, 4) is 11.5 Å². The number of alkyl halides is 2. The number of hydrogen-bond acceptors (Lipinski definition) is 7. The number of imide groups is 1. The van der Waals surface area contributed by atoms with Crippen molar-refractivity contribution in [3.63, 3.8) is 0 Å². The van der Waals surface area contributed by atoms with Gasteiger partial charge in [0.2, 0.25) is 5.91 Å². The Morgan fingerprint density at radius 2 is 2.06 bits per heavy atom. The van der Waals surface area contributed by atoms with Crippen LogP contribution in [0, 0.1) is 0 Å². The molecule has 0 spiro atoms. The van der Waals surface area contributed by atoms with Crippen LogP contribution in [0.1, 0.15) is 11.1 Å². The summed E-state index contributed by atoms with van der Waals surface area (Å²) in [7, 11) is 1.31. The predicted octanol–water partition coefficient (Wildman–Crippen LogP) is 3.56. The molecule has 0 saturated carbocycles. The van der Waals surface area contributed by atoms with E-state index in [1.165, 1.54) is 37.5 Å². The highest BCUT2D eigenvalue weighted by atomic mass is 32.2. The molecule has 0 aliphatic carbocycles. The first kappa shape index (κ1) is 23.9. The van der Waals surface area contributed by atoms with Gasteiger partial charge in [-0.1, -0.05) is 12.1 Å².